The highest BCUT2D eigenvalue weighted by Crippen LogP contribution is 2.37. The predicted molar refractivity (Wildman–Crippen MR) is 134 cm³/mol. The number of hydrogen-bond donors (Lipinski definition) is 1. The number of aromatic nitrogens is 3. The number of aryl methyl sites for hydroxylation is 1. The van der Waals surface area contributed by atoms with Gasteiger partial charge in [-0.2, -0.15) is 0 Å². The fourth-order valence-corrected chi connectivity index (χ4v) is 6.05. The summed E-state index contributed by atoms with van der Waals surface area (Å²) in [6, 6.07) is 7.57. The topological polar surface area (TPSA) is 95.3 Å². The van der Waals surface area contributed by atoms with Crippen LogP contribution in [0.5, 0.6) is 5.75 Å². The summed E-state index contributed by atoms with van der Waals surface area (Å²) in [6.45, 7) is 0. The number of amides is 1. The van der Waals surface area contributed by atoms with Gasteiger partial charge in [-0.3, -0.25) is 4.79 Å². The van der Waals surface area contributed by atoms with Crippen LogP contribution in [0.4, 0.5) is 5.00 Å². The molecule has 1 aliphatic carbocycles. The molecule has 3 aromatic rings. The zero-order valence-corrected chi connectivity index (χ0v) is 21.2. The molecule has 34 heavy (non-hydrogen) atoms. The number of anilines is 1. The molecule has 1 aliphatic rings. The molecule has 2 heterocycles. The van der Waals surface area contributed by atoms with Crippen LogP contribution < -0.4 is 10.1 Å². The molecule has 1 amide bonds. The van der Waals surface area contributed by atoms with Crippen molar-refractivity contribution >= 4 is 40.0 Å². The Labute approximate surface area is 207 Å². The van der Waals surface area contributed by atoms with Crippen LogP contribution in [0.2, 0.25) is 0 Å². The number of carbonyl (C=O) groups is 2. The first-order valence-electron chi connectivity index (χ1n) is 11.2. The number of thiophene rings is 1. The Morgan fingerprint density at radius 1 is 1.09 bits per heavy atom. The lowest BCUT2D eigenvalue weighted by Crippen LogP contribution is -2.16. The standard InChI is InChI=1S/C24H28N4O4S2/c1-28-21(15-10-12-16(31-2)13-11-15)26-27-24(28)33-14-19(29)25-22-20(23(30)32-3)17-8-6-4-5-7-9-18(17)34-22/h10-13H,4-9,14H2,1-3H3,(H,25,29). The predicted octanol–water partition coefficient (Wildman–Crippen LogP) is 4.73. The van der Waals surface area contributed by atoms with Crippen LogP contribution in [0.1, 0.15) is 46.5 Å². The van der Waals surface area contributed by atoms with Gasteiger partial charge in [-0.15, -0.1) is 21.5 Å². The minimum Gasteiger partial charge on any atom is -0.497 e. The Hall–Kier alpha value is -2.85. The van der Waals surface area contributed by atoms with Crippen molar-refractivity contribution in [2.24, 2.45) is 7.05 Å². The lowest BCUT2D eigenvalue weighted by molar-refractivity contribution is -0.113. The first-order chi connectivity index (χ1) is 16.5. The van der Waals surface area contributed by atoms with Gasteiger partial charge in [-0.25, -0.2) is 4.79 Å². The van der Waals surface area contributed by atoms with Gasteiger partial charge < -0.3 is 19.4 Å². The number of hydrogen-bond acceptors (Lipinski definition) is 8. The normalized spacial score (nSPS) is 13.5. The Morgan fingerprint density at radius 2 is 1.82 bits per heavy atom. The summed E-state index contributed by atoms with van der Waals surface area (Å²) in [4.78, 5) is 26.5. The third-order valence-corrected chi connectivity index (χ3v) is 8.06. The number of nitrogens with zero attached hydrogens (tertiary/aromatic N) is 3. The van der Waals surface area contributed by atoms with E-state index >= 15 is 0 Å². The van der Waals surface area contributed by atoms with E-state index in [1.807, 2.05) is 35.9 Å². The number of rotatable bonds is 7. The van der Waals surface area contributed by atoms with Gasteiger partial charge in [-0.1, -0.05) is 24.6 Å². The van der Waals surface area contributed by atoms with E-state index in [0.29, 0.717) is 21.5 Å². The lowest BCUT2D eigenvalue weighted by Gasteiger charge is -2.11. The number of ether oxygens (including phenoxy) is 2. The van der Waals surface area contributed by atoms with Crippen molar-refractivity contribution in [2.45, 2.75) is 43.7 Å². The SMILES string of the molecule is COC(=O)c1c(NC(=O)CSc2nnc(-c3ccc(OC)cc3)n2C)sc2c1CCCCCC2. The average molecular weight is 501 g/mol. The summed E-state index contributed by atoms with van der Waals surface area (Å²) >= 11 is 2.80. The zero-order valence-electron chi connectivity index (χ0n) is 19.6. The molecule has 10 heteroatoms. The van der Waals surface area contributed by atoms with Gasteiger partial charge in [0, 0.05) is 17.5 Å². The maximum atomic E-state index is 12.8. The van der Waals surface area contributed by atoms with Gasteiger partial charge in [0.25, 0.3) is 0 Å². The van der Waals surface area contributed by atoms with Crippen molar-refractivity contribution in [3.63, 3.8) is 0 Å². The molecule has 0 radical (unpaired) electrons. The molecule has 0 aliphatic heterocycles. The van der Waals surface area contributed by atoms with Crippen LogP contribution in [-0.2, 0) is 29.4 Å². The van der Waals surface area contributed by atoms with Crippen molar-refractivity contribution in [2.75, 3.05) is 25.3 Å². The fraction of sp³-hybridized carbons (Fsp3) is 0.417. The molecular formula is C24H28N4O4S2. The minimum absolute atomic E-state index is 0.151. The van der Waals surface area contributed by atoms with E-state index < -0.39 is 5.97 Å². The summed E-state index contributed by atoms with van der Waals surface area (Å²) in [5, 5.41) is 12.7. The first-order valence-corrected chi connectivity index (χ1v) is 13.0. The van der Waals surface area contributed by atoms with Crippen molar-refractivity contribution in [3.8, 4) is 17.1 Å². The highest BCUT2D eigenvalue weighted by atomic mass is 32.2. The number of fused-ring (bicyclic) bond motifs is 1. The summed E-state index contributed by atoms with van der Waals surface area (Å²) in [6.07, 6.45) is 6.26. The van der Waals surface area contributed by atoms with Crippen LogP contribution >= 0.6 is 23.1 Å². The molecule has 0 atom stereocenters. The second kappa shape index (κ2) is 11.1. The molecule has 0 saturated heterocycles. The van der Waals surface area contributed by atoms with Crippen LogP contribution in [0.25, 0.3) is 11.4 Å². The number of benzene rings is 1. The lowest BCUT2D eigenvalue weighted by atomic mass is 9.96. The van der Waals surface area contributed by atoms with E-state index in [9.17, 15) is 9.59 Å². The van der Waals surface area contributed by atoms with Gasteiger partial charge in [0.05, 0.1) is 25.5 Å². The molecule has 2 aromatic heterocycles. The third kappa shape index (κ3) is 5.28. The maximum Gasteiger partial charge on any atom is 0.341 e. The highest BCUT2D eigenvalue weighted by Gasteiger charge is 2.26. The molecule has 0 fully saturated rings. The molecule has 180 valence electrons. The third-order valence-electron chi connectivity index (χ3n) is 5.83. The van der Waals surface area contributed by atoms with Crippen LogP contribution in [0.3, 0.4) is 0 Å². The molecule has 1 aromatic carbocycles. The van der Waals surface area contributed by atoms with Gasteiger partial charge in [0.1, 0.15) is 10.8 Å². The molecule has 4 rings (SSSR count). The summed E-state index contributed by atoms with van der Waals surface area (Å²) in [5.41, 5.74) is 2.46. The second-order valence-corrected chi connectivity index (χ2v) is 10.1. The fourth-order valence-electron chi connectivity index (χ4n) is 4.05. The Morgan fingerprint density at radius 3 is 2.53 bits per heavy atom. The van der Waals surface area contributed by atoms with Gasteiger partial charge in [-0.05, 0) is 55.5 Å². The summed E-state index contributed by atoms with van der Waals surface area (Å²) in [7, 11) is 4.87. The quantitative estimate of drug-likeness (QED) is 0.370. The van der Waals surface area contributed by atoms with Crippen molar-refractivity contribution in [1.82, 2.24) is 14.8 Å². The monoisotopic (exact) mass is 500 g/mol. The van der Waals surface area contributed by atoms with E-state index in [2.05, 4.69) is 15.5 Å². The Bertz CT molecular complexity index is 1170. The molecule has 1 N–H and O–H groups in total. The maximum absolute atomic E-state index is 12.8. The summed E-state index contributed by atoms with van der Waals surface area (Å²) < 4.78 is 12.1. The number of methoxy groups -OCH3 is 2. The van der Waals surface area contributed by atoms with Crippen molar-refractivity contribution in [3.05, 3.63) is 40.3 Å². The number of carbonyl (C=O) groups excluding carboxylic acids is 2. The van der Waals surface area contributed by atoms with E-state index in [0.717, 1.165) is 49.0 Å². The number of nitrogens with one attached hydrogen (secondary N) is 1. The smallest absolute Gasteiger partial charge is 0.341 e. The molecule has 0 saturated carbocycles. The Balaban J connectivity index is 1.46. The minimum atomic E-state index is -0.390. The first kappa shape index (κ1) is 24.3. The van der Waals surface area contributed by atoms with Crippen LogP contribution in [-0.4, -0.2) is 46.6 Å². The van der Waals surface area contributed by atoms with Crippen LogP contribution in [0, 0.1) is 0 Å². The van der Waals surface area contributed by atoms with Gasteiger partial charge in [0.2, 0.25) is 5.91 Å². The average Bonchev–Trinajstić information content (AvgIpc) is 3.36. The van der Waals surface area contributed by atoms with Gasteiger partial charge in [0.15, 0.2) is 11.0 Å². The molecule has 0 bridgehead atoms. The zero-order chi connectivity index (χ0) is 24.1. The Kier molecular flexibility index (Phi) is 7.89. The molecular weight excluding hydrogens is 472 g/mol. The molecule has 8 nitrogen and oxygen atoms in total. The summed E-state index contributed by atoms with van der Waals surface area (Å²) in [5.74, 6) is 1.04. The van der Waals surface area contributed by atoms with Gasteiger partial charge >= 0.3 is 5.97 Å². The highest BCUT2D eigenvalue weighted by molar-refractivity contribution is 7.99. The number of thioether (sulfide) groups is 1. The van der Waals surface area contributed by atoms with Crippen LogP contribution in [0.15, 0.2) is 29.4 Å². The van der Waals surface area contributed by atoms with E-state index in [1.54, 1.807) is 7.11 Å². The largest absolute Gasteiger partial charge is 0.497 e. The second-order valence-electron chi connectivity index (χ2n) is 8.04. The molecule has 0 unspecified atom stereocenters. The van der Waals surface area contributed by atoms with E-state index in [-0.39, 0.29) is 11.7 Å². The number of esters is 1. The molecule has 0 spiro atoms. The van der Waals surface area contributed by atoms with Crippen molar-refractivity contribution in [1.29, 1.82) is 0 Å². The van der Waals surface area contributed by atoms with Crippen molar-refractivity contribution < 1.29 is 19.1 Å². The van der Waals surface area contributed by atoms with E-state index in [1.165, 1.54) is 41.5 Å². The van der Waals surface area contributed by atoms with E-state index in [4.69, 9.17) is 9.47 Å².